The van der Waals surface area contributed by atoms with E-state index in [1.807, 2.05) is 76.4 Å². The van der Waals surface area contributed by atoms with Gasteiger partial charge in [0.2, 0.25) is 0 Å². The monoisotopic (exact) mass is 472 g/mol. The Morgan fingerprint density at radius 1 is 0.583 bits per heavy atom. The number of hydrogen-bond donors (Lipinski definition) is 0. The Balaban J connectivity index is 1.29. The molecule has 2 atom stereocenters. The molecular formula is C30H28N6. The van der Waals surface area contributed by atoms with Gasteiger partial charge in [0.25, 0.3) is 0 Å². The van der Waals surface area contributed by atoms with Gasteiger partial charge in [-0.15, -0.1) is 10.2 Å². The molecular weight excluding hydrogens is 444 g/mol. The van der Waals surface area contributed by atoms with Gasteiger partial charge in [0.1, 0.15) is 11.4 Å². The van der Waals surface area contributed by atoms with Crippen LogP contribution in [-0.2, 0) is 0 Å². The molecule has 2 unspecified atom stereocenters. The highest BCUT2D eigenvalue weighted by atomic mass is 15.4. The molecule has 3 aromatic carbocycles. The number of aromatic nitrogens is 6. The van der Waals surface area contributed by atoms with Crippen LogP contribution in [0.3, 0.4) is 0 Å². The second-order valence-corrected chi connectivity index (χ2v) is 8.77. The number of rotatable bonds is 8. The number of benzene rings is 3. The van der Waals surface area contributed by atoms with E-state index in [1.165, 1.54) is 0 Å². The highest BCUT2D eigenvalue weighted by Crippen LogP contribution is 2.25. The van der Waals surface area contributed by atoms with Crippen molar-refractivity contribution in [1.29, 1.82) is 0 Å². The minimum absolute atomic E-state index is 0.0833. The summed E-state index contributed by atoms with van der Waals surface area (Å²) in [5, 5.41) is 17.5. The first-order chi connectivity index (χ1) is 17.7. The van der Waals surface area contributed by atoms with Crippen LogP contribution in [0, 0.1) is 0 Å². The van der Waals surface area contributed by atoms with E-state index in [2.05, 4.69) is 89.1 Å². The Labute approximate surface area is 211 Å². The maximum absolute atomic E-state index is 4.41. The van der Waals surface area contributed by atoms with Gasteiger partial charge in [-0.25, -0.2) is 9.36 Å². The molecule has 2 heterocycles. The van der Waals surface area contributed by atoms with Crippen molar-refractivity contribution in [2.24, 2.45) is 0 Å². The average Bonchev–Trinajstić information content (AvgIpc) is 3.63. The third kappa shape index (κ3) is 5.55. The van der Waals surface area contributed by atoms with Gasteiger partial charge in [0.15, 0.2) is 0 Å². The van der Waals surface area contributed by atoms with Crippen LogP contribution in [0.15, 0.2) is 109 Å². The second-order valence-electron chi connectivity index (χ2n) is 8.77. The van der Waals surface area contributed by atoms with Gasteiger partial charge in [-0.2, -0.15) is 0 Å². The Morgan fingerprint density at radius 3 is 1.47 bits per heavy atom. The lowest BCUT2D eigenvalue weighted by atomic mass is 10.1. The lowest BCUT2D eigenvalue weighted by Crippen LogP contribution is -2.02. The van der Waals surface area contributed by atoms with E-state index in [4.69, 9.17) is 0 Å². The van der Waals surface area contributed by atoms with Gasteiger partial charge in [-0.05, 0) is 31.0 Å². The third-order valence-electron chi connectivity index (χ3n) is 6.04. The SMILES string of the molecule is CC(/C=C/c1ccccc1)n1cc(-c2cccc(-c3cn(C(C)/C=C/c4ccccc4)nn3)c2)nn1. The van der Waals surface area contributed by atoms with Crippen molar-refractivity contribution in [3.05, 3.63) is 121 Å². The summed E-state index contributed by atoms with van der Waals surface area (Å²) >= 11 is 0. The predicted octanol–water partition coefficient (Wildman–Crippen LogP) is 6.75. The van der Waals surface area contributed by atoms with Gasteiger partial charge in [-0.3, -0.25) is 0 Å². The van der Waals surface area contributed by atoms with Gasteiger partial charge >= 0.3 is 0 Å². The zero-order chi connectivity index (χ0) is 24.7. The summed E-state index contributed by atoms with van der Waals surface area (Å²) in [7, 11) is 0. The highest BCUT2D eigenvalue weighted by Gasteiger charge is 2.11. The maximum atomic E-state index is 4.41. The Bertz CT molecular complexity index is 1350. The molecule has 178 valence electrons. The summed E-state index contributed by atoms with van der Waals surface area (Å²) < 4.78 is 3.75. The van der Waals surface area contributed by atoms with E-state index in [9.17, 15) is 0 Å². The van der Waals surface area contributed by atoms with Crippen molar-refractivity contribution in [2.75, 3.05) is 0 Å². The fraction of sp³-hybridized carbons (Fsp3) is 0.133. The molecule has 0 fully saturated rings. The van der Waals surface area contributed by atoms with Gasteiger partial charge in [0, 0.05) is 11.1 Å². The van der Waals surface area contributed by atoms with Gasteiger partial charge < -0.3 is 0 Å². The largest absolute Gasteiger partial charge is 0.245 e. The van der Waals surface area contributed by atoms with Crippen LogP contribution in [0.2, 0.25) is 0 Å². The zero-order valence-corrected chi connectivity index (χ0v) is 20.4. The van der Waals surface area contributed by atoms with Crippen molar-refractivity contribution >= 4 is 12.2 Å². The normalized spacial score (nSPS) is 13.4. The van der Waals surface area contributed by atoms with Crippen molar-refractivity contribution in [3.63, 3.8) is 0 Å². The lowest BCUT2D eigenvalue weighted by Gasteiger charge is -2.05. The molecule has 6 heteroatoms. The molecule has 5 rings (SSSR count). The van der Waals surface area contributed by atoms with E-state index in [0.29, 0.717) is 0 Å². The predicted molar refractivity (Wildman–Crippen MR) is 145 cm³/mol. The average molecular weight is 473 g/mol. The molecule has 6 nitrogen and oxygen atoms in total. The summed E-state index contributed by atoms with van der Waals surface area (Å²) in [5.74, 6) is 0. The van der Waals surface area contributed by atoms with Gasteiger partial charge in [-0.1, -0.05) is 114 Å². The minimum atomic E-state index is 0.0833. The first-order valence-corrected chi connectivity index (χ1v) is 12.1. The second kappa shape index (κ2) is 10.8. The number of nitrogens with zero attached hydrogens (tertiary/aromatic N) is 6. The Kier molecular flexibility index (Phi) is 6.94. The maximum Gasteiger partial charge on any atom is 0.113 e. The van der Waals surface area contributed by atoms with E-state index in [0.717, 1.165) is 33.6 Å². The molecule has 2 aromatic heterocycles. The molecule has 0 bridgehead atoms. The fourth-order valence-corrected chi connectivity index (χ4v) is 3.86. The standard InChI is InChI=1S/C30H28N6/c1-23(16-18-25-10-5-3-6-11-25)35-21-29(31-33-35)27-14-9-15-28(20-27)30-22-36(34-32-30)24(2)17-19-26-12-7-4-8-13-26/h3-24H,1-2H3/b18-16+,19-17+. The van der Waals surface area contributed by atoms with E-state index < -0.39 is 0 Å². The molecule has 0 amide bonds. The number of hydrogen-bond acceptors (Lipinski definition) is 4. The van der Waals surface area contributed by atoms with Crippen molar-refractivity contribution in [1.82, 2.24) is 30.0 Å². The van der Waals surface area contributed by atoms with Crippen LogP contribution < -0.4 is 0 Å². The van der Waals surface area contributed by atoms with Crippen LogP contribution >= 0.6 is 0 Å². The minimum Gasteiger partial charge on any atom is -0.245 e. The lowest BCUT2D eigenvalue weighted by molar-refractivity contribution is 0.559. The molecule has 0 saturated carbocycles. The topological polar surface area (TPSA) is 61.4 Å². The van der Waals surface area contributed by atoms with E-state index >= 15 is 0 Å². The van der Waals surface area contributed by atoms with Crippen LogP contribution in [0.4, 0.5) is 0 Å². The number of allylic oxidation sites excluding steroid dienone is 2. The molecule has 0 aliphatic rings. The van der Waals surface area contributed by atoms with Gasteiger partial charge in [0.05, 0.1) is 24.5 Å². The summed E-state index contributed by atoms with van der Waals surface area (Å²) in [6.45, 7) is 4.19. The highest BCUT2D eigenvalue weighted by molar-refractivity contribution is 5.68. The third-order valence-corrected chi connectivity index (χ3v) is 6.04. The first kappa shape index (κ1) is 23.2. The molecule has 0 aliphatic carbocycles. The zero-order valence-electron chi connectivity index (χ0n) is 20.4. The van der Waals surface area contributed by atoms with E-state index in [1.54, 1.807) is 0 Å². The fourth-order valence-electron chi connectivity index (χ4n) is 3.86. The summed E-state index contributed by atoms with van der Waals surface area (Å²) in [4.78, 5) is 0. The first-order valence-electron chi connectivity index (χ1n) is 12.1. The van der Waals surface area contributed by atoms with E-state index in [-0.39, 0.29) is 12.1 Å². The van der Waals surface area contributed by atoms with Crippen molar-refractivity contribution in [3.8, 4) is 22.5 Å². The summed E-state index contributed by atoms with van der Waals surface area (Å²) in [5.41, 5.74) is 5.95. The quantitative estimate of drug-likeness (QED) is 0.251. The smallest absolute Gasteiger partial charge is 0.113 e. The molecule has 0 N–H and O–H groups in total. The molecule has 36 heavy (non-hydrogen) atoms. The summed E-state index contributed by atoms with van der Waals surface area (Å²) in [6.07, 6.45) is 12.4. The summed E-state index contributed by atoms with van der Waals surface area (Å²) in [6, 6.07) is 28.8. The van der Waals surface area contributed by atoms with Crippen LogP contribution in [0.5, 0.6) is 0 Å². The molecule has 0 aliphatic heterocycles. The molecule has 0 radical (unpaired) electrons. The molecule has 0 saturated heterocycles. The molecule has 5 aromatic rings. The van der Waals surface area contributed by atoms with Crippen LogP contribution in [0.1, 0.15) is 37.1 Å². The molecule has 0 spiro atoms. The van der Waals surface area contributed by atoms with Crippen molar-refractivity contribution < 1.29 is 0 Å². The van der Waals surface area contributed by atoms with Crippen LogP contribution in [-0.4, -0.2) is 30.0 Å². The Hall–Kier alpha value is -4.58. The van der Waals surface area contributed by atoms with Crippen LogP contribution in [0.25, 0.3) is 34.7 Å². The van der Waals surface area contributed by atoms with Crippen molar-refractivity contribution in [2.45, 2.75) is 25.9 Å². The Morgan fingerprint density at radius 2 is 1.03 bits per heavy atom.